The molecule has 0 radical (unpaired) electrons. The Bertz CT molecular complexity index is 161. The van der Waals surface area contributed by atoms with Gasteiger partial charge in [-0.25, -0.2) is 0 Å². The summed E-state index contributed by atoms with van der Waals surface area (Å²) < 4.78 is 0. The monoisotopic (exact) mass is 196 g/mol. The third-order valence-corrected chi connectivity index (χ3v) is 3.84. The van der Waals surface area contributed by atoms with Crippen LogP contribution in [0.2, 0.25) is 0 Å². The van der Waals surface area contributed by atoms with Crippen LogP contribution in [0.25, 0.3) is 0 Å². The van der Waals surface area contributed by atoms with Crippen molar-refractivity contribution in [3.8, 4) is 0 Å². The molecule has 3 aliphatic heterocycles. The summed E-state index contributed by atoms with van der Waals surface area (Å²) in [5.74, 6) is 0. The van der Waals surface area contributed by atoms with Gasteiger partial charge in [-0.05, 0) is 12.8 Å². The number of rotatable bonds is 4. The Morgan fingerprint density at radius 2 is 1.29 bits per heavy atom. The first-order chi connectivity index (χ1) is 6.85. The molecule has 4 atom stereocenters. The van der Waals surface area contributed by atoms with E-state index in [1.54, 1.807) is 0 Å². The third kappa shape index (κ3) is 1.96. The Labute approximate surface area is 88.3 Å². The smallest absolute Gasteiger partial charge is 0.0224 e. The van der Waals surface area contributed by atoms with Crippen LogP contribution in [0.15, 0.2) is 0 Å². The van der Waals surface area contributed by atoms with Crippen LogP contribution in [0.5, 0.6) is 0 Å². The first-order valence-corrected chi connectivity index (χ1v) is 6.33. The van der Waals surface area contributed by atoms with Crippen LogP contribution in [-0.4, -0.2) is 48.1 Å². The van der Waals surface area contributed by atoms with Gasteiger partial charge in [-0.15, -0.1) is 0 Å². The molecule has 3 fully saturated rings. The van der Waals surface area contributed by atoms with Crippen LogP contribution in [0.3, 0.4) is 0 Å². The molecule has 3 saturated heterocycles. The van der Waals surface area contributed by atoms with Crippen LogP contribution in [0.4, 0.5) is 0 Å². The van der Waals surface area contributed by atoms with Crippen LogP contribution < -0.4 is 0 Å². The van der Waals surface area contributed by atoms with Gasteiger partial charge in [0.25, 0.3) is 0 Å². The topological polar surface area (TPSA) is 6.48 Å². The maximum absolute atomic E-state index is 2.74. The van der Waals surface area contributed by atoms with Gasteiger partial charge in [0.2, 0.25) is 0 Å². The molecular formula is C12H24N2. The predicted molar refractivity (Wildman–Crippen MR) is 60.5 cm³/mol. The fourth-order valence-electron chi connectivity index (χ4n) is 3.09. The van der Waals surface area contributed by atoms with Crippen molar-refractivity contribution in [3.63, 3.8) is 0 Å². The largest absolute Gasteiger partial charge is 0.296 e. The van der Waals surface area contributed by atoms with Crippen LogP contribution >= 0.6 is 0 Å². The van der Waals surface area contributed by atoms with Crippen molar-refractivity contribution in [3.05, 3.63) is 0 Å². The second kappa shape index (κ2) is 4.63. The Morgan fingerprint density at radius 3 is 1.57 bits per heavy atom. The zero-order valence-corrected chi connectivity index (χ0v) is 9.71. The zero-order chi connectivity index (χ0) is 9.97. The molecule has 4 unspecified atom stereocenters. The molecule has 0 N–H and O–H groups in total. The number of fused-ring (bicyclic) bond motifs is 3. The molecule has 0 amide bonds. The summed E-state index contributed by atoms with van der Waals surface area (Å²) in [4.78, 5) is 5.48. The van der Waals surface area contributed by atoms with Gasteiger partial charge in [-0.3, -0.25) is 9.80 Å². The minimum absolute atomic E-state index is 0.877. The normalized spacial score (nSPS) is 41.6. The van der Waals surface area contributed by atoms with E-state index in [2.05, 4.69) is 23.6 Å². The van der Waals surface area contributed by atoms with Gasteiger partial charge < -0.3 is 0 Å². The molecule has 0 aromatic rings. The second-order valence-corrected chi connectivity index (χ2v) is 4.87. The van der Waals surface area contributed by atoms with E-state index in [0.717, 1.165) is 12.1 Å². The van der Waals surface area contributed by atoms with Crippen molar-refractivity contribution in [2.24, 2.45) is 0 Å². The highest BCUT2D eigenvalue weighted by Crippen LogP contribution is 2.25. The quantitative estimate of drug-likeness (QED) is 0.678. The highest BCUT2D eigenvalue weighted by molar-refractivity contribution is 4.93. The molecule has 2 bridgehead atoms. The maximum atomic E-state index is 2.74. The fraction of sp³-hybridized carbons (Fsp3) is 1.00. The van der Waals surface area contributed by atoms with Gasteiger partial charge in [0.15, 0.2) is 0 Å². The number of piperazine rings is 3. The van der Waals surface area contributed by atoms with Gasteiger partial charge in [-0.1, -0.05) is 26.7 Å². The molecule has 3 aliphatic rings. The van der Waals surface area contributed by atoms with Gasteiger partial charge in [0.05, 0.1) is 0 Å². The highest BCUT2D eigenvalue weighted by atomic mass is 15.4. The lowest BCUT2D eigenvalue weighted by Crippen LogP contribution is -2.65. The number of hydrogen-bond donors (Lipinski definition) is 0. The summed E-state index contributed by atoms with van der Waals surface area (Å²) in [6, 6.07) is 1.75. The number of hydrogen-bond acceptors (Lipinski definition) is 2. The molecule has 0 aromatic carbocycles. The Balaban J connectivity index is 1.91. The number of nitrogens with zero attached hydrogens (tertiary/aromatic N) is 2. The maximum Gasteiger partial charge on any atom is 0.0224 e. The van der Waals surface area contributed by atoms with E-state index in [1.807, 2.05) is 0 Å². The molecule has 0 saturated carbocycles. The van der Waals surface area contributed by atoms with Crippen molar-refractivity contribution in [2.75, 3.05) is 26.2 Å². The molecule has 3 rings (SSSR count). The van der Waals surface area contributed by atoms with Gasteiger partial charge in [-0.2, -0.15) is 0 Å². The van der Waals surface area contributed by atoms with Crippen LogP contribution in [0.1, 0.15) is 39.5 Å². The minimum atomic E-state index is 0.877. The molecule has 2 heteroatoms. The minimum Gasteiger partial charge on any atom is -0.296 e. The van der Waals surface area contributed by atoms with Gasteiger partial charge in [0.1, 0.15) is 0 Å². The molecule has 14 heavy (non-hydrogen) atoms. The SMILES string of the molecule is CCCC1CN2CCN1CC2CCC. The lowest BCUT2D eigenvalue weighted by molar-refractivity contribution is -0.0350. The van der Waals surface area contributed by atoms with Crippen LogP contribution in [-0.2, 0) is 0 Å². The fourth-order valence-corrected chi connectivity index (χ4v) is 3.09. The van der Waals surface area contributed by atoms with Crippen molar-refractivity contribution < 1.29 is 0 Å². The molecule has 3 heterocycles. The van der Waals surface area contributed by atoms with E-state index in [9.17, 15) is 0 Å². The van der Waals surface area contributed by atoms with E-state index < -0.39 is 0 Å². The standard InChI is InChI=1S/C12H24N2/c1-3-5-11-9-14-8-7-13(11)10-12(14)6-4-2/h11-12H,3-10H2,1-2H3. The molecular weight excluding hydrogens is 172 g/mol. The average molecular weight is 196 g/mol. The summed E-state index contributed by atoms with van der Waals surface area (Å²) in [5.41, 5.74) is 0. The summed E-state index contributed by atoms with van der Waals surface area (Å²) in [6.45, 7) is 9.96. The van der Waals surface area contributed by atoms with E-state index in [1.165, 1.54) is 51.9 Å². The molecule has 0 aromatic heterocycles. The van der Waals surface area contributed by atoms with Crippen molar-refractivity contribution in [2.45, 2.75) is 51.6 Å². The molecule has 82 valence electrons. The summed E-state index contributed by atoms with van der Waals surface area (Å²) in [7, 11) is 0. The summed E-state index contributed by atoms with van der Waals surface area (Å²) in [6.07, 6.45) is 5.48. The second-order valence-electron chi connectivity index (χ2n) is 4.87. The third-order valence-electron chi connectivity index (χ3n) is 3.84. The first kappa shape index (κ1) is 10.4. The van der Waals surface area contributed by atoms with Gasteiger partial charge in [0, 0.05) is 38.3 Å². The zero-order valence-electron chi connectivity index (χ0n) is 9.71. The lowest BCUT2D eigenvalue weighted by atomic mass is 9.96. The molecule has 2 nitrogen and oxygen atoms in total. The Morgan fingerprint density at radius 1 is 0.857 bits per heavy atom. The molecule has 0 spiro atoms. The van der Waals surface area contributed by atoms with Gasteiger partial charge >= 0.3 is 0 Å². The Hall–Kier alpha value is -0.0800. The van der Waals surface area contributed by atoms with Crippen LogP contribution in [0, 0.1) is 0 Å². The highest BCUT2D eigenvalue weighted by Gasteiger charge is 2.36. The summed E-state index contributed by atoms with van der Waals surface area (Å²) >= 11 is 0. The van der Waals surface area contributed by atoms with E-state index in [0.29, 0.717) is 0 Å². The van der Waals surface area contributed by atoms with E-state index in [-0.39, 0.29) is 0 Å². The Kier molecular flexibility index (Phi) is 3.45. The van der Waals surface area contributed by atoms with E-state index >= 15 is 0 Å². The molecule has 0 aliphatic carbocycles. The van der Waals surface area contributed by atoms with E-state index in [4.69, 9.17) is 0 Å². The van der Waals surface area contributed by atoms with Crippen molar-refractivity contribution >= 4 is 0 Å². The lowest BCUT2D eigenvalue weighted by Gasteiger charge is -2.52. The summed E-state index contributed by atoms with van der Waals surface area (Å²) in [5, 5.41) is 0. The van der Waals surface area contributed by atoms with Crippen molar-refractivity contribution in [1.29, 1.82) is 0 Å². The predicted octanol–water partition coefficient (Wildman–Crippen LogP) is 1.95. The van der Waals surface area contributed by atoms with Crippen molar-refractivity contribution in [1.82, 2.24) is 9.80 Å². The average Bonchev–Trinajstić information content (AvgIpc) is 2.21. The first-order valence-electron chi connectivity index (χ1n) is 6.33.